The molecule has 178 valence electrons. The van der Waals surface area contributed by atoms with E-state index < -0.39 is 4.92 Å². The predicted octanol–water partition coefficient (Wildman–Crippen LogP) is 6.07. The summed E-state index contributed by atoms with van der Waals surface area (Å²) >= 11 is 9.07. The van der Waals surface area contributed by atoms with Gasteiger partial charge in [-0.15, -0.1) is 11.3 Å². The molecular formula is C23H23ClN4O4S2. The number of rotatable bonds is 9. The number of hydrogen-bond acceptors (Lipinski definition) is 8. The highest BCUT2D eigenvalue weighted by atomic mass is 35.5. The van der Waals surface area contributed by atoms with E-state index in [0.29, 0.717) is 44.8 Å². The number of aromatic nitrogens is 1. The van der Waals surface area contributed by atoms with Gasteiger partial charge in [-0.2, -0.15) is 0 Å². The first kappa shape index (κ1) is 24.3. The van der Waals surface area contributed by atoms with Crippen LogP contribution in [0.3, 0.4) is 0 Å². The molecule has 0 aliphatic rings. The van der Waals surface area contributed by atoms with Crippen LogP contribution >= 0.6 is 34.3 Å². The lowest BCUT2D eigenvalue weighted by molar-refractivity contribution is -0.384. The lowest BCUT2D eigenvalue weighted by Crippen LogP contribution is -2.38. The Balaban J connectivity index is 1.76. The van der Waals surface area contributed by atoms with Crippen LogP contribution in [-0.2, 0) is 0 Å². The number of halogens is 1. The Morgan fingerprint density at radius 1 is 1.15 bits per heavy atom. The van der Waals surface area contributed by atoms with E-state index in [0.717, 1.165) is 22.5 Å². The smallest absolute Gasteiger partial charge is 0.270 e. The molecule has 0 N–H and O–H groups in total. The number of nitro groups is 1. The molecule has 0 atom stereocenters. The first-order chi connectivity index (χ1) is 16.4. The number of benzene rings is 2. The average Bonchev–Trinajstić information content (AvgIpc) is 3.46. The zero-order chi connectivity index (χ0) is 24.4. The minimum absolute atomic E-state index is 0.00408. The van der Waals surface area contributed by atoms with Crippen LogP contribution in [0, 0.1) is 10.1 Å². The summed E-state index contributed by atoms with van der Waals surface area (Å²) in [6.45, 7) is 7.01. The van der Waals surface area contributed by atoms with Crippen LogP contribution in [0.1, 0.15) is 23.5 Å². The van der Waals surface area contributed by atoms with E-state index in [4.69, 9.17) is 21.3 Å². The van der Waals surface area contributed by atoms with E-state index in [2.05, 4.69) is 18.7 Å². The summed E-state index contributed by atoms with van der Waals surface area (Å²) in [5.74, 6) is 0.386. The monoisotopic (exact) mass is 518 g/mol. The highest BCUT2D eigenvalue weighted by Crippen LogP contribution is 2.39. The van der Waals surface area contributed by atoms with Crippen molar-refractivity contribution in [2.45, 2.75) is 13.8 Å². The molecule has 11 heteroatoms. The first-order valence-electron chi connectivity index (χ1n) is 10.7. The van der Waals surface area contributed by atoms with Crippen LogP contribution in [0.2, 0.25) is 5.02 Å². The van der Waals surface area contributed by atoms with E-state index >= 15 is 0 Å². The molecule has 2 heterocycles. The Kier molecular flexibility index (Phi) is 7.32. The molecule has 8 nitrogen and oxygen atoms in total. The number of nitrogens with zero attached hydrogens (tertiary/aromatic N) is 4. The van der Waals surface area contributed by atoms with Crippen LogP contribution in [0.15, 0.2) is 36.4 Å². The summed E-state index contributed by atoms with van der Waals surface area (Å²) in [6.07, 6.45) is 0. The Morgan fingerprint density at radius 3 is 2.59 bits per heavy atom. The van der Waals surface area contributed by atoms with Crippen molar-refractivity contribution < 1.29 is 14.5 Å². The minimum Gasteiger partial charge on any atom is -0.494 e. The third-order valence-electron chi connectivity index (χ3n) is 5.60. The number of non-ortho nitro benzene ring substituents is 1. The third-order valence-corrected chi connectivity index (χ3v) is 8.24. The van der Waals surface area contributed by atoms with Gasteiger partial charge in [-0.3, -0.25) is 19.8 Å². The summed E-state index contributed by atoms with van der Waals surface area (Å²) in [5.41, 5.74) is 0.609. The fourth-order valence-electron chi connectivity index (χ4n) is 3.67. The van der Waals surface area contributed by atoms with Crippen molar-refractivity contribution in [2.24, 2.45) is 0 Å². The number of ether oxygens (including phenoxy) is 1. The van der Waals surface area contributed by atoms with E-state index in [-0.39, 0.29) is 11.6 Å². The molecule has 4 aromatic rings. The quantitative estimate of drug-likeness (QED) is 0.197. The summed E-state index contributed by atoms with van der Waals surface area (Å²) in [6, 6.07) is 9.84. The zero-order valence-corrected chi connectivity index (χ0v) is 21.3. The van der Waals surface area contributed by atoms with E-state index in [1.54, 1.807) is 36.3 Å². The fourth-order valence-corrected chi connectivity index (χ4v) is 5.94. The van der Waals surface area contributed by atoms with Crippen molar-refractivity contribution in [3.05, 3.63) is 56.4 Å². The van der Waals surface area contributed by atoms with Crippen molar-refractivity contribution in [3.8, 4) is 5.75 Å². The molecule has 1 amide bonds. The lowest BCUT2D eigenvalue weighted by Gasteiger charge is -2.24. The highest BCUT2D eigenvalue weighted by molar-refractivity contribution is 7.23. The average molecular weight is 519 g/mol. The van der Waals surface area contributed by atoms with Crippen LogP contribution in [0.5, 0.6) is 5.75 Å². The Bertz CT molecular complexity index is 1370. The number of anilines is 1. The molecule has 4 rings (SSSR count). The second-order valence-electron chi connectivity index (χ2n) is 7.50. The number of fused-ring (bicyclic) bond motifs is 2. The van der Waals surface area contributed by atoms with Crippen LogP contribution < -0.4 is 9.64 Å². The fraction of sp³-hybridized carbons (Fsp3) is 0.304. The van der Waals surface area contributed by atoms with E-state index in [9.17, 15) is 14.9 Å². The molecule has 0 aliphatic carbocycles. The highest BCUT2D eigenvalue weighted by Gasteiger charge is 2.25. The van der Waals surface area contributed by atoms with Gasteiger partial charge < -0.3 is 9.64 Å². The van der Waals surface area contributed by atoms with Gasteiger partial charge in [-0.25, -0.2) is 4.98 Å². The molecule has 0 radical (unpaired) electrons. The van der Waals surface area contributed by atoms with Gasteiger partial charge in [0.05, 0.1) is 26.6 Å². The molecule has 2 aromatic heterocycles. The normalized spacial score (nSPS) is 11.4. The van der Waals surface area contributed by atoms with Gasteiger partial charge in [0.15, 0.2) is 5.13 Å². The summed E-state index contributed by atoms with van der Waals surface area (Å²) in [5, 5.41) is 12.9. The maximum atomic E-state index is 13.7. The zero-order valence-electron chi connectivity index (χ0n) is 18.9. The van der Waals surface area contributed by atoms with Gasteiger partial charge in [0, 0.05) is 35.3 Å². The number of carbonyl (C=O) groups excluding carboxylic acids is 1. The van der Waals surface area contributed by atoms with Crippen molar-refractivity contribution in [1.82, 2.24) is 9.88 Å². The summed E-state index contributed by atoms with van der Waals surface area (Å²) < 4.78 is 7.01. The summed E-state index contributed by atoms with van der Waals surface area (Å²) in [4.78, 5) is 33.6. The van der Waals surface area contributed by atoms with Crippen LogP contribution in [-0.4, -0.2) is 54.0 Å². The van der Waals surface area contributed by atoms with Gasteiger partial charge in [-0.1, -0.05) is 36.8 Å². The SMILES string of the molecule is CCN(CC)CCN(C(=O)c1cc2cc([N+](=O)[O-])ccc2s1)c1nc2c(OC)ccc(Cl)c2s1. The summed E-state index contributed by atoms with van der Waals surface area (Å²) in [7, 11) is 1.57. The lowest BCUT2D eigenvalue weighted by atomic mass is 10.2. The number of nitro benzene ring substituents is 1. The molecule has 0 fully saturated rings. The van der Waals surface area contributed by atoms with Crippen LogP contribution in [0.25, 0.3) is 20.3 Å². The van der Waals surface area contributed by atoms with Gasteiger partial charge >= 0.3 is 0 Å². The molecule has 0 unspecified atom stereocenters. The molecule has 2 aromatic carbocycles. The molecular weight excluding hydrogens is 496 g/mol. The maximum absolute atomic E-state index is 13.7. The minimum atomic E-state index is -0.437. The standard InChI is InChI=1S/C23H23ClN4O4S2/c1-4-26(5-2)10-11-27(23-25-20-17(32-3)8-7-16(24)21(20)34-23)22(29)19-13-14-12-15(28(30)31)6-9-18(14)33-19/h6-9,12-13H,4-5,10-11H2,1-3H3. The number of amides is 1. The number of thiazole rings is 1. The number of hydrogen-bond donors (Lipinski definition) is 0. The third kappa shape index (κ3) is 4.72. The number of thiophene rings is 1. The second kappa shape index (κ2) is 10.2. The van der Waals surface area contributed by atoms with Crippen molar-refractivity contribution in [1.29, 1.82) is 0 Å². The van der Waals surface area contributed by atoms with Crippen molar-refractivity contribution in [3.63, 3.8) is 0 Å². The first-order valence-corrected chi connectivity index (χ1v) is 12.7. The van der Waals surface area contributed by atoms with E-state index in [1.807, 2.05) is 0 Å². The second-order valence-corrected chi connectivity index (χ2v) is 9.97. The molecule has 0 saturated heterocycles. The Morgan fingerprint density at radius 2 is 1.91 bits per heavy atom. The number of likely N-dealkylation sites (N-methyl/N-ethyl adjacent to an activating group) is 1. The van der Waals surface area contributed by atoms with Gasteiger partial charge in [0.1, 0.15) is 11.3 Å². The van der Waals surface area contributed by atoms with Crippen molar-refractivity contribution in [2.75, 3.05) is 38.2 Å². The molecule has 0 aliphatic heterocycles. The number of methoxy groups -OCH3 is 1. The molecule has 0 bridgehead atoms. The predicted molar refractivity (Wildman–Crippen MR) is 139 cm³/mol. The number of carbonyl (C=O) groups is 1. The van der Waals surface area contributed by atoms with Crippen molar-refractivity contribution >= 4 is 71.3 Å². The maximum Gasteiger partial charge on any atom is 0.270 e. The molecule has 0 saturated carbocycles. The Labute approximate surface area is 209 Å². The van der Waals surface area contributed by atoms with E-state index in [1.165, 1.54) is 34.8 Å². The van der Waals surface area contributed by atoms with Gasteiger partial charge in [0.2, 0.25) is 0 Å². The Hall–Kier alpha value is -2.79. The van der Waals surface area contributed by atoms with Gasteiger partial charge in [-0.05, 0) is 37.4 Å². The molecule has 34 heavy (non-hydrogen) atoms. The molecule has 0 spiro atoms. The largest absolute Gasteiger partial charge is 0.494 e. The topological polar surface area (TPSA) is 88.8 Å². The van der Waals surface area contributed by atoms with Gasteiger partial charge in [0.25, 0.3) is 11.6 Å². The van der Waals surface area contributed by atoms with Crippen LogP contribution in [0.4, 0.5) is 10.8 Å².